The maximum atomic E-state index is 12.6. The van der Waals surface area contributed by atoms with Crippen LogP contribution < -0.4 is 16.1 Å². The summed E-state index contributed by atoms with van der Waals surface area (Å²) in [6, 6.07) is 0. The molecule has 0 bridgehead atoms. The van der Waals surface area contributed by atoms with E-state index in [1.807, 2.05) is 0 Å². The SMILES string of the molecule is CCCCCCCCCCCCn1c(N2CCCCC2)nc2c1c(=O)[nH]c(=O)n2C. The Hall–Kier alpha value is -2.05. The number of rotatable bonds is 12. The lowest BCUT2D eigenvalue weighted by Gasteiger charge is -2.28. The fraction of sp³-hybridized carbons (Fsp3) is 0.783. The standard InChI is InChI=1S/C23H39N5O2/c1-3-4-5-6-7-8-9-10-11-15-18-28-19-20(26(2)23(30)25-21(19)29)24-22(28)27-16-13-12-14-17-27/h3-18H2,1-2H3,(H,25,29,30). The fourth-order valence-electron chi connectivity index (χ4n) is 4.53. The average molecular weight is 418 g/mol. The first kappa shape index (κ1) is 22.6. The molecular weight excluding hydrogens is 378 g/mol. The first-order valence-electron chi connectivity index (χ1n) is 12.1. The van der Waals surface area contributed by atoms with E-state index in [0.717, 1.165) is 51.3 Å². The van der Waals surface area contributed by atoms with Gasteiger partial charge in [0.2, 0.25) is 5.95 Å². The Bertz CT molecular complexity index is 905. The zero-order chi connectivity index (χ0) is 21.3. The van der Waals surface area contributed by atoms with Crippen LogP contribution in [0.4, 0.5) is 5.95 Å². The summed E-state index contributed by atoms with van der Waals surface area (Å²) in [6.45, 7) is 4.97. The van der Waals surface area contributed by atoms with Gasteiger partial charge >= 0.3 is 5.69 Å². The number of fused-ring (bicyclic) bond motifs is 1. The van der Waals surface area contributed by atoms with Crippen molar-refractivity contribution >= 4 is 17.1 Å². The van der Waals surface area contributed by atoms with Gasteiger partial charge in [-0.3, -0.25) is 14.3 Å². The fourth-order valence-corrected chi connectivity index (χ4v) is 4.53. The number of hydrogen-bond acceptors (Lipinski definition) is 4. The van der Waals surface area contributed by atoms with Crippen molar-refractivity contribution in [3.8, 4) is 0 Å². The highest BCUT2D eigenvalue weighted by atomic mass is 16.2. The maximum Gasteiger partial charge on any atom is 0.329 e. The molecule has 3 heterocycles. The number of nitrogens with zero attached hydrogens (tertiary/aromatic N) is 4. The molecule has 0 atom stereocenters. The van der Waals surface area contributed by atoms with Crippen molar-refractivity contribution in [1.82, 2.24) is 19.1 Å². The second-order valence-electron chi connectivity index (χ2n) is 8.78. The quantitative estimate of drug-likeness (QED) is 0.521. The van der Waals surface area contributed by atoms with Crippen molar-refractivity contribution < 1.29 is 0 Å². The Balaban J connectivity index is 1.63. The zero-order valence-corrected chi connectivity index (χ0v) is 18.9. The van der Waals surface area contributed by atoms with Crippen LogP contribution in [0.1, 0.15) is 90.4 Å². The Morgan fingerprint density at radius 1 is 0.867 bits per heavy atom. The van der Waals surface area contributed by atoms with Crippen LogP contribution in [0.15, 0.2) is 9.59 Å². The van der Waals surface area contributed by atoms with E-state index in [1.54, 1.807) is 7.05 Å². The van der Waals surface area contributed by atoms with Gasteiger partial charge in [-0.2, -0.15) is 4.98 Å². The molecule has 3 rings (SSSR count). The minimum absolute atomic E-state index is 0.323. The molecule has 0 unspecified atom stereocenters. The largest absolute Gasteiger partial charge is 0.342 e. The van der Waals surface area contributed by atoms with Crippen LogP contribution in [-0.2, 0) is 13.6 Å². The Labute approximate surface area is 179 Å². The van der Waals surface area contributed by atoms with Crippen LogP contribution in [-0.4, -0.2) is 32.2 Å². The number of unbranched alkanes of at least 4 members (excludes halogenated alkanes) is 9. The van der Waals surface area contributed by atoms with Gasteiger partial charge in [-0.1, -0.05) is 64.7 Å². The smallest absolute Gasteiger partial charge is 0.329 e. The predicted molar refractivity (Wildman–Crippen MR) is 124 cm³/mol. The summed E-state index contributed by atoms with van der Waals surface area (Å²) in [6.07, 6.45) is 16.4. The van der Waals surface area contributed by atoms with Gasteiger partial charge in [0, 0.05) is 26.7 Å². The van der Waals surface area contributed by atoms with E-state index in [2.05, 4.69) is 21.4 Å². The summed E-state index contributed by atoms with van der Waals surface area (Å²) < 4.78 is 3.52. The van der Waals surface area contributed by atoms with E-state index in [0.29, 0.717) is 11.2 Å². The minimum Gasteiger partial charge on any atom is -0.342 e. The topological polar surface area (TPSA) is 75.9 Å². The first-order chi connectivity index (χ1) is 14.6. The van der Waals surface area contributed by atoms with Gasteiger partial charge in [0.05, 0.1) is 0 Å². The molecular formula is C23H39N5O2. The number of piperidine rings is 1. The van der Waals surface area contributed by atoms with Crippen LogP contribution >= 0.6 is 0 Å². The molecule has 1 fully saturated rings. The molecule has 7 nitrogen and oxygen atoms in total. The molecule has 0 aliphatic carbocycles. The van der Waals surface area contributed by atoms with E-state index in [-0.39, 0.29) is 5.56 Å². The molecule has 0 amide bonds. The van der Waals surface area contributed by atoms with Crippen molar-refractivity contribution in [2.45, 2.75) is 96.9 Å². The van der Waals surface area contributed by atoms with Crippen LogP contribution in [0.3, 0.4) is 0 Å². The highest BCUT2D eigenvalue weighted by Crippen LogP contribution is 2.24. The van der Waals surface area contributed by atoms with E-state index >= 15 is 0 Å². The van der Waals surface area contributed by atoms with E-state index in [1.165, 1.54) is 62.4 Å². The summed E-state index contributed by atoms with van der Waals surface area (Å²) in [7, 11) is 1.68. The average Bonchev–Trinajstić information content (AvgIpc) is 3.14. The van der Waals surface area contributed by atoms with Crippen molar-refractivity contribution in [3.63, 3.8) is 0 Å². The van der Waals surface area contributed by atoms with Gasteiger partial charge in [-0.15, -0.1) is 0 Å². The third kappa shape index (κ3) is 5.55. The lowest BCUT2D eigenvalue weighted by atomic mass is 10.1. The van der Waals surface area contributed by atoms with Crippen LogP contribution in [0.25, 0.3) is 11.2 Å². The van der Waals surface area contributed by atoms with Gasteiger partial charge in [0.1, 0.15) is 0 Å². The molecule has 1 saturated heterocycles. The summed E-state index contributed by atoms with van der Waals surface area (Å²) in [5.74, 6) is 0.854. The Kier molecular flexibility index (Phi) is 8.58. The van der Waals surface area contributed by atoms with Crippen molar-refractivity contribution in [1.29, 1.82) is 0 Å². The number of imidazole rings is 1. The molecule has 0 aromatic carbocycles. The van der Waals surface area contributed by atoms with Crippen LogP contribution in [0.5, 0.6) is 0 Å². The number of anilines is 1. The molecule has 1 aliphatic heterocycles. The number of aryl methyl sites for hydroxylation is 2. The number of H-pyrrole nitrogens is 1. The molecule has 1 aliphatic rings. The van der Waals surface area contributed by atoms with Crippen LogP contribution in [0, 0.1) is 0 Å². The number of nitrogens with one attached hydrogen (secondary N) is 1. The maximum absolute atomic E-state index is 12.6. The lowest BCUT2D eigenvalue weighted by Crippen LogP contribution is -2.32. The highest BCUT2D eigenvalue weighted by molar-refractivity contribution is 5.74. The molecule has 30 heavy (non-hydrogen) atoms. The molecule has 0 radical (unpaired) electrons. The molecule has 168 valence electrons. The Morgan fingerprint density at radius 3 is 2.10 bits per heavy atom. The monoisotopic (exact) mass is 417 g/mol. The van der Waals surface area contributed by atoms with E-state index in [9.17, 15) is 9.59 Å². The van der Waals surface area contributed by atoms with Gasteiger partial charge in [-0.25, -0.2) is 4.79 Å². The normalized spacial score (nSPS) is 14.7. The predicted octanol–water partition coefficient (Wildman–Crippen LogP) is 4.33. The third-order valence-corrected chi connectivity index (χ3v) is 6.36. The van der Waals surface area contributed by atoms with Gasteiger partial charge < -0.3 is 9.47 Å². The molecule has 2 aromatic rings. The summed E-state index contributed by atoms with van der Waals surface area (Å²) in [5.41, 5.74) is 0.308. The summed E-state index contributed by atoms with van der Waals surface area (Å²) in [4.78, 5) is 34.1. The number of aromatic nitrogens is 4. The number of aromatic amines is 1. The van der Waals surface area contributed by atoms with Gasteiger partial charge in [0.15, 0.2) is 11.2 Å². The van der Waals surface area contributed by atoms with Gasteiger partial charge in [-0.05, 0) is 25.7 Å². The van der Waals surface area contributed by atoms with Crippen molar-refractivity contribution in [3.05, 3.63) is 20.8 Å². The highest BCUT2D eigenvalue weighted by Gasteiger charge is 2.22. The second-order valence-corrected chi connectivity index (χ2v) is 8.78. The minimum atomic E-state index is -0.402. The summed E-state index contributed by atoms with van der Waals surface area (Å²) >= 11 is 0. The van der Waals surface area contributed by atoms with Crippen molar-refractivity contribution in [2.24, 2.45) is 7.05 Å². The van der Waals surface area contributed by atoms with Crippen molar-refractivity contribution in [2.75, 3.05) is 18.0 Å². The molecule has 7 heteroatoms. The molecule has 0 saturated carbocycles. The lowest BCUT2D eigenvalue weighted by molar-refractivity contribution is 0.525. The molecule has 1 N–H and O–H groups in total. The first-order valence-corrected chi connectivity index (χ1v) is 12.1. The summed E-state index contributed by atoms with van der Waals surface area (Å²) in [5, 5.41) is 0. The number of hydrogen-bond donors (Lipinski definition) is 1. The second kappa shape index (κ2) is 11.4. The third-order valence-electron chi connectivity index (χ3n) is 6.36. The van der Waals surface area contributed by atoms with Crippen LogP contribution in [0.2, 0.25) is 0 Å². The zero-order valence-electron chi connectivity index (χ0n) is 18.9. The van der Waals surface area contributed by atoms with E-state index < -0.39 is 5.69 Å². The molecule has 0 spiro atoms. The molecule has 2 aromatic heterocycles. The Morgan fingerprint density at radius 2 is 1.47 bits per heavy atom. The van der Waals surface area contributed by atoms with E-state index in [4.69, 9.17) is 4.98 Å². The van der Waals surface area contributed by atoms with Gasteiger partial charge in [0.25, 0.3) is 5.56 Å².